The molecule has 0 saturated carbocycles. The summed E-state index contributed by atoms with van der Waals surface area (Å²) in [7, 11) is 0. The number of rotatable bonds is 7. The van der Waals surface area contributed by atoms with Gasteiger partial charge in [0, 0.05) is 0 Å². The van der Waals surface area contributed by atoms with Crippen LogP contribution >= 0.6 is 0 Å². The van der Waals surface area contributed by atoms with Gasteiger partial charge in [0.1, 0.15) is 0 Å². The number of nitrogens with zero attached hydrogens (tertiary/aromatic N) is 2. The molecule has 0 bridgehead atoms. The Hall–Kier alpha value is -2.08. The van der Waals surface area contributed by atoms with Crippen LogP contribution in [0.1, 0.15) is 54.4 Å². The number of nitriles is 2. The van der Waals surface area contributed by atoms with E-state index in [-0.39, 0.29) is 12.8 Å². The molecule has 6 heteroatoms. The molecule has 0 aromatic rings. The molecule has 0 aliphatic rings. The fourth-order valence-corrected chi connectivity index (χ4v) is 2.31. The van der Waals surface area contributed by atoms with Gasteiger partial charge in [0.05, 0.1) is 24.3 Å². The highest BCUT2D eigenvalue weighted by molar-refractivity contribution is 5.93. The average Bonchev–Trinajstić information content (AvgIpc) is 2.43. The molecule has 0 aliphatic carbocycles. The monoisotopic (exact) mass is 308 g/mol. The Morgan fingerprint density at radius 1 is 0.864 bits per heavy atom. The van der Waals surface area contributed by atoms with Gasteiger partial charge in [-0.25, -0.2) is 0 Å². The molecule has 2 atom stereocenters. The van der Waals surface area contributed by atoms with E-state index >= 15 is 0 Å². The first-order chi connectivity index (χ1) is 10.2. The molecule has 0 saturated heterocycles. The number of carbonyl (C=O) groups is 2. The zero-order valence-electron chi connectivity index (χ0n) is 14.1. The molecule has 0 radical (unpaired) electrons. The standard InChI is InChI=1S/C16H24N2O4/c1-7-15(9-17,13(19)21-11(3)4)16(8-2,10-18)14(20)22-12(5)6/h11-12H,7-8H2,1-6H3. The van der Waals surface area contributed by atoms with Crippen molar-refractivity contribution in [2.75, 3.05) is 0 Å². The quantitative estimate of drug-likeness (QED) is 0.670. The van der Waals surface area contributed by atoms with Crippen LogP contribution in [0.25, 0.3) is 0 Å². The van der Waals surface area contributed by atoms with Gasteiger partial charge in [-0.1, -0.05) is 13.8 Å². The van der Waals surface area contributed by atoms with Crippen LogP contribution in [0.3, 0.4) is 0 Å². The van der Waals surface area contributed by atoms with Crippen molar-refractivity contribution in [1.29, 1.82) is 10.5 Å². The van der Waals surface area contributed by atoms with E-state index in [1.807, 2.05) is 12.1 Å². The van der Waals surface area contributed by atoms with E-state index in [9.17, 15) is 20.1 Å². The number of esters is 2. The maximum absolute atomic E-state index is 12.5. The average molecular weight is 308 g/mol. The van der Waals surface area contributed by atoms with Crippen LogP contribution in [0.2, 0.25) is 0 Å². The molecule has 6 nitrogen and oxygen atoms in total. The van der Waals surface area contributed by atoms with Crippen LogP contribution in [0.4, 0.5) is 0 Å². The van der Waals surface area contributed by atoms with E-state index < -0.39 is 35.0 Å². The van der Waals surface area contributed by atoms with Gasteiger partial charge in [0.2, 0.25) is 0 Å². The molecule has 0 amide bonds. The highest BCUT2D eigenvalue weighted by Crippen LogP contribution is 2.46. The maximum Gasteiger partial charge on any atom is 0.329 e. The normalized spacial score (nSPS) is 16.1. The van der Waals surface area contributed by atoms with Gasteiger partial charge >= 0.3 is 11.9 Å². The lowest BCUT2D eigenvalue weighted by atomic mass is 9.61. The van der Waals surface area contributed by atoms with Crippen LogP contribution < -0.4 is 0 Å². The minimum atomic E-state index is -1.90. The van der Waals surface area contributed by atoms with Crippen LogP contribution in [0.5, 0.6) is 0 Å². The van der Waals surface area contributed by atoms with Gasteiger partial charge in [-0.3, -0.25) is 9.59 Å². The van der Waals surface area contributed by atoms with Crippen molar-refractivity contribution in [3.05, 3.63) is 0 Å². The summed E-state index contributed by atoms with van der Waals surface area (Å²) < 4.78 is 10.3. The molecular formula is C16H24N2O4. The van der Waals surface area contributed by atoms with E-state index in [2.05, 4.69) is 0 Å². The summed E-state index contributed by atoms with van der Waals surface area (Å²) in [5.74, 6) is -1.73. The molecule has 0 fully saturated rings. The Morgan fingerprint density at radius 3 is 1.27 bits per heavy atom. The van der Waals surface area contributed by atoms with Gasteiger partial charge in [-0.05, 0) is 40.5 Å². The largest absolute Gasteiger partial charge is 0.462 e. The lowest BCUT2D eigenvalue weighted by molar-refractivity contribution is -0.176. The topological polar surface area (TPSA) is 100 Å². The van der Waals surface area contributed by atoms with E-state index in [1.54, 1.807) is 41.5 Å². The molecule has 0 heterocycles. The van der Waals surface area contributed by atoms with Crippen molar-refractivity contribution in [1.82, 2.24) is 0 Å². The molecule has 0 rings (SSSR count). The molecule has 0 N–H and O–H groups in total. The van der Waals surface area contributed by atoms with Gasteiger partial charge in [0.25, 0.3) is 0 Å². The van der Waals surface area contributed by atoms with E-state index in [1.165, 1.54) is 0 Å². The van der Waals surface area contributed by atoms with Crippen molar-refractivity contribution < 1.29 is 19.1 Å². The summed E-state index contributed by atoms with van der Waals surface area (Å²) in [4.78, 5) is 25.0. The minimum absolute atomic E-state index is 0.0242. The summed E-state index contributed by atoms with van der Waals surface area (Å²) >= 11 is 0. The van der Waals surface area contributed by atoms with Crippen LogP contribution in [0, 0.1) is 33.5 Å². The molecule has 0 aromatic carbocycles. The second-order valence-electron chi connectivity index (χ2n) is 5.65. The van der Waals surface area contributed by atoms with Gasteiger partial charge in [-0.15, -0.1) is 0 Å². The molecule has 0 aromatic heterocycles. The summed E-state index contributed by atoms with van der Waals surface area (Å²) in [5.41, 5.74) is -3.79. The van der Waals surface area contributed by atoms with Crippen molar-refractivity contribution in [2.45, 2.75) is 66.6 Å². The van der Waals surface area contributed by atoms with E-state index in [4.69, 9.17) is 9.47 Å². The molecule has 0 spiro atoms. The molecular weight excluding hydrogens is 284 g/mol. The van der Waals surface area contributed by atoms with Crippen molar-refractivity contribution >= 4 is 11.9 Å². The van der Waals surface area contributed by atoms with Crippen molar-refractivity contribution in [3.63, 3.8) is 0 Å². The number of carbonyl (C=O) groups excluding carboxylic acids is 2. The third-order valence-electron chi connectivity index (χ3n) is 3.55. The summed E-state index contributed by atoms with van der Waals surface area (Å²) in [6, 6.07) is 3.74. The van der Waals surface area contributed by atoms with Crippen LogP contribution in [-0.4, -0.2) is 24.1 Å². The fourth-order valence-electron chi connectivity index (χ4n) is 2.31. The first kappa shape index (κ1) is 19.9. The zero-order chi connectivity index (χ0) is 17.6. The van der Waals surface area contributed by atoms with Crippen LogP contribution in [-0.2, 0) is 19.1 Å². The number of hydrogen-bond acceptors (Lipinski definition) is 6. The van der Waals surface area contributed by atoms with E-state index in [0.29, 0.717) is 0 Å². The number of ether oxygens (including phenoxy) is 2. The predicted molar refractivity (Wildman–Crippen MR) is 79.1 cm³/mol. The Labute approximate surface area is 132 Å². The highest BCUT2D eigenvalue weighted by Gasteiger charge is 2.63. The third-order valence-corrected chi connectivity index (χ3v) is 3.55. The van der Waals surface area contributed by atoms with Crippen molar-refractivity contribution in [2.24, 2.45) is 10.8 Å². The molecule has 122 valence electrons. The number of hydrogen-bond donors (Lipinski definition) is 0. The SMILES string of the molecule is CCC(C#N)(C(=O)OC(C)C)C(C#N)(CC)C(=O)OC(C)C. The smallest absolute Gasteiger partial charge is 0.329 e. The van der Waals surface area contributed by atoms with Gasteiger partial charge < -0.3 is 9.47 Å². The summed E-state index contributed by atoms with van der Waals surface area (Å²) in [6.45, 7) is 9.72. The molecule has 0 aliphatic heterocycles. The lowest BCUT2D eigenvalue weighted by Gasteiger charge is -2.37. The first-order valence-electron chi connectivity index (χ1n) is 7.42. The second kappa shape index (κ2) is 7.79. The minimum Gasteiger partial charge on any atom is -0.462 e. The van der Waals surface area contributed by atoms with Crippen molar-refractivity contribution in [3.8, 4) is 12.1 Å². The molecule has 22 heavy (non-hydrogen) atoms. The Bertz CT molecular complexity index is 455. The molecule has 2 unspecified atom stereocenters. The lowest BCUT2D eigenvalue weighted by Crippen LogP contribution is -2.52. The fraction of sp³-hybridized carbons (Fsp3) is 0.750. The Balaban J connectivity index is 6.15. The van der Waals surface area contributed by atoms with Crippen LogP contribution in [0.15, 0.2) is 0 Å². The van der Waals surface area contributed by atoms with Gasteiger partial charge in [-0.2, -0.15) is 10.5 Å². The van der Waals surface area contributed by atoms with Gasteiger partial charge in [0.15, 0.2) is 10.8 Å². The summed E-state index contributed by atoms with van der Waals surface area (Å²) in [5, 5.41) is 19.3. The summed E-state index contributed by atoms with van der Waals surface area (Å²) in [6.07, 6.45) is -0.963. The van der Waals surface area contributed by atoms with E-state index in [0.717, 1.165) is 0 Å². The predicted octanol–water partition coefficient (Wildman–Crippen LogP) is 2.73. The third kappa shape index (κ3) is 3.39. The first-order valence-corrected chi connectivity index (χ1v) is 7.42. The maximum atomic E-state index is 12.5. The Morgan fingerprint density at radius 2 is 1.14 bits per heavy atom. The zero-order valence-corrected chi connectivity index (χ0v) is 14.1. The second-order valence-corrected chi connectivity index (χ2v) is 5.65. The highest BCUT2D eigenvalue weighted by atomic mass is 16.6. The Kier molecular flexibility index (Phi) is 7.06.